The number of nitrogens with zero attached hydrogens (tertiary/aromatic N) is 2. The largest absolute Gasteiger partial charge is 0.469 e. The number of rotatable bonds is 1. The van der Waals surface area contributed by atoms with Gasteiger partial charge in [0.15, 0.2) is 0 Å². The van der Waals surface area contributed by atoms with Gasteiger partial charge in [-0.1, -0.05) is 0 Å². The molecule has 2 amide bonds. The fourth-order valence-corrected chi connectivity index (χ4v) is 2.31. The van der Waals surface area contributed by atoms with Gasteiger partial charge in [0.05, 0.1) is 13.0 Å². The van der Waals surface area contributed by atoms with Crippen LogP contribution in [0.25, 0.3) is 0 Å². The Balaban J connectivity index is 2.91. The van der Waals surface area contributed by atoms with Gasteiger partial charge in [0.25, 0.3) is 0 Å². The Kier molecular flexibility index (Phi) is 6.68. The highest BCUT2D eigenvalue weighted by atomic mass is 16.6. The summed E-state index contributed by atoms with van der Waals surface area (Å²) >= 11 is 0. The third-order valence-electron chi connectivity index (χ3n) is 3.36. The van der Waals surface area contributed by atoms with Crippen LogP contribution in [0.5, 0.6) is 0 Å². The summed E-state index contributed by atoms with van der Waals surface area (Å²) in [5, 5.41) is 0. The molecule has 0 bridgehead atoms. The molecule has 0 aromatic heterocycles. The predicted molar refractivity (Wildman–Crippen MR) is 91.1 cm³/mol. The molecule has 0 radical (unpaired) electrons. The molecule has 0 atom stereocenters. The van der Waals surface area contributed by atoms with Gasteiger partial charge in [0.1, 0.15) is 11.2 Å². The summed E-state index contributed by atoms with van der Waals surface area (Å²) in [5.74, 6) is -1.14. The molecule has 1 heterocycles. The zero-order valence-corrected chi connectivity index (χ0v) is 16.2. The van der Waals surface area contributed by atoms with E-state index in [1.54, 1.807) is 41.5 Å². The standard InChI is InChI=1S/C17H30N2O6/c1-16(2,3)24-14(21)18-8-9-19(15(22)25-17(4,5)6)11-12(10-18)13(20)23-7/h12H,8-11H2,1-7H3. The number of methoxy groups -OCH3 is 1. The molecule has 0 N–H and O–H groups in total. The summed E-state index contributed by atoms with van der Waals surface area (Å²) in [6.07, 6.45) is -1.04. The second-order valence-corrected chi connectivity index (χ2v) is 8.07. The van der Waals surface area contributed by atoms with E-state index in [1.807, 2.05) is 0 Å². The van der Waals surface area contributed by atoms with E-state index in [0.717, 1.165) is 0 Å². The number of carbonyl (C=O) groups is 3. The van der Waals surface area contributed by atoms with Crippen LogP contribution in [0, 0.1) is 5.92 Å². The van der Waals surface area contributed by atoms with E-state index in [4.69, 9.17) is 14.2 Å². The molecular formula is C17H30N2O6. The van der Waals surface area contributed by atoms with E-state index in [1.165, 1.54) is 16.9 Å². The maximum atomic E-state index is 12.3. The lowest BCUT2D eigenvalue weighted by molar-refractivity contribution is -0.146. The minimum Gasteiger partial charge on any atom is -0.469 e. The third-order valence-corrected chi connectivity index (χ3v) is 3.36. The van der Waals surface area contributed by atoms with Gasteiger partial charge in [-0.15, -0.1) is 0 Å². The van der Waals surface area contributed by atoms with Gasteiger partial charge < -0.3 is 24.0 Å². The zero-order chi connectivity index (χ0) is 19.4. The first-order chi connectivity index (χ1) is 11.3. The summed E-state index contributed by atoms with van der Waals surface area (Å²) in [7, 11) is 1.28. The molecule has 144 valence electrons. The molecule has 25 heavy (non-hydrogen) atoms. The highest BCUT2D eigenvalue weighted by Crippen LogP contribution is 2.18. The molecule has 1 aliphatic heterocycles. The monoisotopic (exact) mass is 358 g/mol. The van der Waals surface area contributed by atoms with Crippen molar-refractivity contribution in [1.82, 2.24) is 9.80 Å². The first kappa shape index (κ1) is 21.1. The minimum atomic E-state index is -0.660. The lowest BCUT2D eigenvalue weighted by atomic mass is 10.1. The number of hydrogen-bond acceptors (Lipinski definition) is 6. The smallest absolute Gasteiger partial charge is 0.410 e. The van der Waals surface area contributed by atoms with Gasteiger partial charge in [-0.2, -0.15) is 0 Å². The quantitative estimate of drug-likeness (QED) is 0.528. The Bertz CT molecular complexity index is 468. The van der Waals surface area contributed by atoms with Gasteiger partial charge in [0, 0.05) is 26.2 Å². The summed E-state index contributed by atoms with van der Waals surface area (Å²) in [4.78, 5) is 39.6. The van der Waals surface area contributed by atoms with Crippen molar-refractivity contribution < 1.29 is 28.6 Å². The molecule has 1 aliphatic rings. The van der Waals surface area contributed by atoms with Gasteiger partial charge >= 0.3 is 18.2 Å². The summed E-state index contributed by atoms with van der Waals surface area (Å²) in [5.41, 5.74) is -1.29. The van der Waals surface area contributed by atoms with Crippen molar-refractivity contribution in [2.45, 2.75) is 52.7 Å². The van der Waals surface area contributed by atoms with Crippen LogP contribution in [0.1, 0.15) is 41.5 Å². The van der Waals surface area contributed by atoms with Crippen LogP contribution in [0.2, 0.25) is 0 Å². The highest BCUT2D eigenvalue weighted by molar-refractivity contribution is 5.76. The van der Waals surface area contributed by atoms with E-state index in [9.17, 15) is 14.4 Å². The molecule has 1 rings (SSSR count). The Morgan fingerprint density at radius 2 is 1.16 bits per heavy atom. The number of hydrogen-bond donors (Lipinski definition) is 0. The summed E-state index contributed by atoms with van der Waals surface area (Å²) in [6.45, 7) is 11.4. The fourth-order valence-electron chi connectivity index (χ4n) is 2.31. The number of carbonyl (C=O) groups excluding carboxylic acids is 3. The molecule has 1 fully saturated rings. The summed E-state index contributed by atoms with van der Waals surface area (Å²) in [6, 6.07) is 0. The highest BCUT2D eigenvalue weighted by Gasteiger charge is 2.35. The maximum absolute atomic E-state index is 12.3. The molecule has 0 aliphatic carbocycles. The van der Waals surface area contributed by atoms with Crippen LogP contribution < -0.4 is 0 Å². The van der Waals surface area contributed by atoms with Crippen LogP contribution in [0.15, 0.2) is 0 Å². The Morgan fingerprint density at radius 1 is 0.800 bits per heavy atom. The van der Waals surface area contributed by atoms with Gasteiger partial charge in [0.2, 0.25) is 0 Å². The first-order valence-electron chi connectivity index (χ1n) is 8.36. The van der Waals surface area contributed by atoms with Crippen molar-refractivity contribution in [3.05, 3.63) is 0 Å². The van der Waals surface area contributed by atoms with Crippen LogP contribution in [-0.2, 0) is 19.0 Å². The molecule has 0 spiro atoms. The zero-order valence-electron chi connectivity index (χ0n) is 16.2. The van der Waals surface area contributed by atoms with Gasteiger partial charge in [-0.05, 0) is 41.5 Å². The van der Waals surface area contributed by atoms with E-state index in [2.05, 4.69) is 0 Å². The van der Waals surface area contributed by atoms with Crippen molar-refractivity contribution in [3.8, 4) is 0 Å². The SMILES string of the molecule is COC(=O)C1CN(C(=O)OC(C)(C)C)CCN(C(=O)OC(C)(C)C)C1. The van der Waals surface area contributed by atoms with E-state index in [0.29, 0.717) is 0 Å². The van der Waals surface area contributed by atoms with Crippen molar-refractivity contribution >= 4 is 18.2 Å². The van der Waals surface area contributed by atoms with E-state index < -0.39 is 35.3 Å². The molecule has 0 aromatic rings. The average molecular weight is 358 g/mol. The van der Waals surface area contributed by atoms with E-state index >= 15 is 0 Å². The van der Waals surface area contributed by atoms with Crippen LogP contribution in [0.4, 0.5) is 9.59 Å². The maximum Gasteiger partial charge on any atom is 0.410 e. The molecule has 8 heteroatoms. The molecule has 0 saturated carbocycles. The number of esters is 1. The first-order valence-corrected chi connectivity index (χ1v) is 8.36. The van der Waals surface area contributed by atoms with Crippen molar-refractivity contribution in [3.63, 3.8) is 0 Å². The molecule has 8 nitrogen and oxygen atoms in total. The Labute approximate surface area is 149 Å². The van der Waals surface area contributed by atoms with E-state index in [-0.39, 0.29) is 26.2 Å². The average Bonchev–Trinajstić information content (AvgIpc) is 2.66. The predicted octanol–water partition coefficient (Wildman–Crippen LogP) is 2.26. The van der Waals surface area contributed by atoms with Crippen molar-refractivity contribution in [2.75, 3.05) is 33.3 Å². The lowest BCUT2D eigenvalue weighted by Gasteiger charge is -2.27. The van der Waals surface area contributed by atoms with Crippen LogP contribution in [0.3, 0.4) is 0 Å². The number of amides is 2. The van der Waals surface area contributed by atoms with Gasteiger partial charge in [-0.25, -0.2) is 9.59 Å². The lowest BCUT2D eigenvalue weighted by Crippen LogP contribution is -2.41. The minimum absolute atomic E-state index is 0.126. The second-order valence-electron chi connectivity index (χ2n) is 8.07. The van der Waals surface area contributed by atoms with Crippen molar-refractivity contribution in [2.24, 2.45) is 5.92 Å². The van der Waals surface area contributed by atoms with Crippen LogP contribution >= 0.6 is 0 Å². The molecule has 1 saturated heterocycles. The normalized spacial score (nSPS) is 16.9. The fraction of sp³-hybridized carbons (Fsp3) is 0.824. The molecule has 0 unspecified atom stereocenters. The topological polar surface area (TPSA) is 85.4 Å². The third kappa shape index (κ3) is 7.19. The van der Waals surface area contributed by atoms with Crippen LogP contribution in [-0.4, -0.2) is 72.4 Å². The summed E-state index contributed by atoms with van der Waals surface area (Å²) < 4.78 is 15.5. The molecular weight excluding hydrogens is 328 g/mol. The number of ether oxygens (including phenoxy) is 3. The second kappa shape index (κ2) is 7.93. The Hall–Kier alpha value is -1.99. The van der Waals surface area contributed by atoms with Gasteiger partial charge in [-0.3, -0.25) is 4.79 Å². The van der Waals surface area contributed by atoms with Crippen molar-refractivity contribution in [1.29, 1.82) is 0 Å². The Morgan fingerprint density at radius 3 is 1.44 bits per heavy atom. The molecule has 0 aromatic carbocycles.